The van der Waals surface area contributed by atoms with E-state index >= 15 is 0 Å². The lowest BCUT2D eigenvalue weighted by Gasteiger charge is -1.93. The fraction of sp³-hybridized carbons (Fsp3) is 0.538. The number of methoxy groups -OCH3 is 1. The molecule has 86 valence electrons. The summed E-state index contributed by atoms with van der Waals surface area (Å²) in [5.41, 5.74) is 5.27. The summed E-state index contributed by atoms with van der Waals surface area (Å²) in [5, 5.41) is 0. The van der Waals surface area contributed by atoms with Gasteiger partial charge in [-0.25, -0.2) is 0 Å². The topological polar surface area (TPSA) is 35.2 Å². The third-order valence-electron chi connectivity index (χ3n) is 2.04. The van der Waals surface area contributed by atoms with Crippen LogP contribution in [-0.2, 0) is 0 Å². The summed E-state index contributed by atoms with van der Waals surface area (Å²) in [6.07, 6.45) is 5.16. The van der Waals surface area contributed by atoms with Crippen LogP contribution in [0.4, 0.5) is 0 Å². The van der Waals surface area contributed by atoms with Gasteiger partial charge in [-0.1, -0.05) is 44.4 Å². The van der Waals surface area contributed by atoms with Crippen LogP contribution in [0.3, 0.4) is 0 Å². The lowest BCUT2D eigenvalue weighted by molar-refractivity contribution is 0.415. The zero-order valence-corrected chi connectivity index (χ0v) is 9.91. The van der Waals surface area contributed by atoms with Crippen molar-refractivity contribution in [1.29, 1.82) is 0 Å². The fourth-order valence-corrected chi connectivity index (χ4v) is 1.13. The molecule has 1 aromatic rings. The molecule has 0 amide bonds. The first-order chi connectivity index (χ1) is 7.35. The molecular weight excluding hydrogens is 186 g/mol. The summed E-state index contributed by atoms with van der Waals surface area (Å²) >= 11 is 0. The molecule has 0 aliphatic rings. The molecule has 0 aliphatic carbocycles. The Labute approximate surface area is 93.4 Å². The molecule has 1 rings (SSSR count). The molecule has 1 aromatic carbocycles. The highest BCUT2D eigenvalue weighted by Crippen LogP contribution is 2.05. The van der Waals surface area contributed by atoms with Gasteiger partial charge in [-0.3, -0.25) is 0 Å². The Morgan fingerprint density at radius 3 is 2.13 bits per heavy atom. The number of rotatable bonds is 5. The molecule has 0 bridgehead atoms. The predicted molar refractivity (Wildman–Crippen MR) is 66.2 cm³/mol. The highest BCUT2D eigenvalue weighted by atomic mass is 16.5. The number of nitrogens with two attached hydrogens (primary N) is 1. The molecule has 0 fully saturated rings. The van der Waals surface area contributed by atoms with Gasteiger partial charge in [0.15, 0.2) is 0 Å². The third kappa shape index (κ3) is 9.29. The molecule has 0 saturated heterocycles. The zero-order chi connectivity index (χ0) is 11.4. The van der Waals surface area contributed by atoms with Crippen molar-refractivity contribution < 1.29 is 4.74 Å². The highest BCUT2D eigenvalue weighted by Gasteiger charge is 1.80. The van der Waals surface area contributed by atoms with Crippen molar-refractivity contribution in [2.75, 3.05) is 13.7 Å². The monoisotopic (exact) mass is 209 g/mol. The standard InChI is InChI=1S/C7H8O.C6H15N/c1-8-7-5-3-2-4-6-7;1-2-3-4-5-6-7/h2-6H,1H3;2-7H2,1H3. The SMILES string of the molecule is CCCCCCN.COc1ccccc1. The second-order valence-electron chi connectivity index (χ2n) is 3.37. The Morgan fingerprint density at radius 2 is 1.73 bits per heavy atom. The van der Waals surface area contributed by atoms with Crippen molar-refractivity contribution >= 4 is 0 Å². The van der Waals surface area contributed by atoms with Gasteiger partial charge in [0.25, 0.3) is 0 Å². The molecule has 0 heterocycles. The van der Waals surface area contributed by atoms with Crippen LogP contribution in [0.5, 0.6) is 5.75 Å². The number of hydrogen-bond acceptors (Lipinski definition) is 2. The minimum atomic E-state index is 0.861. The minimum absolute atomic E-state index is 0.861. The summed E-state index contributed by atoms with van der Waals surface area (Å²) in [4.78, 5) is 0. The van der Waals surface area contributed by atoms with E-state index in [1.165, 1.54) is 25.7 Å². The molecule has 0 aromatic heterocycles. The summed E-state index contributed by atoms with van der Waals surface area (Å²) in [6, 6.07) is 9.68. The molecule has 2 heteroatoms. The largest absolute Gasteiger partial charge is 0.497 e. The molecule has 15 heavy (non-hydrogen) atoms. The normalized spacial score (nSPS) is 9.00. The van der Waals surface area contributed by atoms with E-state index in [0.29, 0.717) is 0 Å². The van der Waals surface area contributed by atoms with Crippen LogP contribution in [-0.4, -0.2) is 13.7 Å². The van der Waals surface area contributed by atoms with Crippen LogP contribution in [0, 0.1) is 0 Å². The summed E-state index contributed by atoms with van der Waals surface area (Å²) in [7, 11) is 1.66. The maximum Gasteiger partial charge on any atom is 0.118 e. The summed E-state index contributed by atoms with van der Waals surface area (Å²) in [6.45, 7) is 3.07. The second kappa shape index (κ2) is 11.1. The molecule has 2 nitrogen and oxygen atoms in total. The number of benzene rings is 1. The molecule has 2 N–H and O–H groups in total. The van der Waals surface area contributed by atoms with Crippen molar-refractivity contribution in [3.8, 4) is 5.75 Å². The van der Waals surface area contributed by atoms with Crippen molar-refractivity contribution in [1.82, 2.24) is 0 Å². The second-order valence-corrected chi connectivity index (χ2v) is 3.37. The van der Waals surface area contributed by atoms with E-state index in [9.17, 15) is 0 Å². The quantitative estimate of drug-likeness (QED) is 0.756. The van der Waals surface area contributed by atoms with Gasteiger partial charge in [0.05, 0.1) is 7.11 Å². The Bertz CT molecular complexity index is 207. The average Bonchev–Trinajstić information content (AvgIpc) is 2.32. The van der Waals surface area contributed by atoms with Gasteiger partial charge in [-0.15, -0.1) is 0 Å². The van der Waals surface area contributed by atoms with Crippen LogP contribution < -0.4 is 10.5 Å². The molecule has 0 atom stereocenters. The first kappa shape index (κ1) is 14.0. The van der Waals surface area contributed by atoms with E-state index in [1.54, 1.807) is 7.11 Å². The van der Waals surface area contributed by atoms with Gasteiger partial charge in [0.1, 0.15) is 5.75 Å². The van der Waals surface area contributed by atoms with E-state index in [0.717, 1.165) is 12.3 Å². The van der Waals surface area contributed by atoms with Gasteiger partial charge >= 0.3 is 0 Å². The number of para-hydroxylation sites is 1. The van der Waals surface area contributed by atoms with Crippen LogP contribution in [0.1, 0.15) is 32.6 Å². The summed E-state index contributed by atoms with van der Waals surface area (Å²) in [5.74, 6) is 0.910. The lowest BCUT2D eigenvalue weighted by Crippen LogP contribution is -1.97. The van der Waals surface area contributed by atoms with E-state index < -0.39 is 0 Å². The van der Waals surface area contributed by atoms with Crippen molar-refractivity contribution in [2.24, 2.45) is 5.73 Å². The third-order valence-corrected chi connectivity index (χ3v) is 2.04. The van der Waals surface area contributed by atoms with Crippen LogP contribution in [0.25, 0.3) is 0 Å². The Kier molecular flexibility index (Phi) is 10.3. The molecule has 0 aliphatic heterocycles. The maximum atomic E-state index is 5.27. The Morgan fingerprint density at radius 1 is 1.07 bits per heavy atom. The summed E-state index contributed by atoms with van der Waals surface area (Å²) < 4.78 is 4.91. The van der Waals surface area contributed by atoms with Gasteiger partial charge in [0.2, 0.25) is 0 Å². The predicted octanol–water partition coefficient (Wildman–Crippen LogP) is 3.22. The van der Waals surface area contributed by atoms with Crippen LogP contribution >= 0.6 is 0 Å². The van der Waals surface area contributed by atoms with E-state index in [1.807, 2.05) is 30.3 Å². The van der Waals surface area contributed by atoms with E-state index in [2.05, 4.69) is 6.92 Å². The van der Waals surface area contributed by atoms with E-state index in [4.69, 9.17) is 10.5 Å². The number of unbranched alkanes of at least 4 members (excludes halogenated alkanes) is 3. The molecule has 0 saturated carbocycles. The minimum Gasteiger partial charge on any atom is -0.497 e. The zero-order valence-electron chi connectivity index (χ0n) is 9.91. The first-order valence-corrected chi connectivity index (χ1v) is 5.64. The van der Waals surface area contributed by atoms with Crippen LogP contribution in [0.2, 0.25) is 0 Å². The van der Waals surface area contributed by atoms with Gasteiger partial charge in [0, 0.05) is 0 Å². The highest BCUT2D eigenvalue weighted by molar-refractivity contribution is 5.20. The van der Waals surface area contributed by atoms with Crippen molar-refractivity contribution in [3.63, 3.8) is 0 Å². The molecule has 0 spiro atoms. The fourth-order valence-electron chi connectivity index (χ4n) is 1.13. The molecule has 0 radical (unpaired) electrons. The van der Waals surface area contributed by atoms with Gasteiger partial charge < -0.3 is 10.5 Å². The van der Waals surface area contributed by atoms with Crippen LogP contribution in [0.15, 0.2) is 30.3 Å². The average molecular weight is 209 g/mol. The van der Waals surface area contributed by atoms with Crippen molar-refractivity contribution in [2.45, 2.75) is 32.6 Å². The molecule has 0 unspecified atom stereocenters. The van der Waals surface area contributed by atoms with E-state index in [-0.39, 0.29) is 0 Å². The van der Waals surface area contributed by atoms with Crippen molar-refractivity contribution in [3.05, 3.63) is 30.3 Å². The number of ether oxygens (including phenoxy) is 1. The first-order valence-electron chi connectivity index (χ1n) is 5.64. The van der Waals surface area contributed by atoms with Gasteiger partial charge in [-0.05, 0) is 25.1 Å². The maximum absolute atomic E-state index is 5.27. The lowest BCUT2D eigenvalue weighted by atomic mass is 10.2. The molecular formula is C13H23NO. The van der Waals surface area contributed by atoms with Gasteiger partial charge in [-0.2, -0.15) is 0 Å². The smallest absolute Gasteiger partial charge is 0.118 e. The Balaban J connectivity index is 0.000000265. The Hall–Kier alpha value is -1.02. The number of hydrogen-bond donors (Lipinski definition) is 1.